The van der Waals surface area contributed by atoms with Crippen molar-refractivity contribution < 1.29 is 23.5 Å². The smallest absolute Gasteiger partial charge is 0.407 e. The molecule has 0 radical (unpaired) electrons. The van der Waals surface area contributed by atoms with E-state index in [2.05, 4.69) is 16.0 Å². The number of halogens is 1. The molecule has 0 atom stereocenters. The van der Waals surface area contributed by atoms with Crippen LogP contribution in [0.15, 0.2) is 54.6 Å². The molecule has 0 aromatic heterocycles. The Morgan fingerprint density at radius 1 is 0.968 bits per heavy atom. The van der Waals surface area contributed by atoms with Crippen LogP contribution in [0.1, 0.15) is 32.8 Å². The zero-order chi connectivity index (χ0) is 22.9. The predicted molar refractivity (Wildman–Crippen MR) is 118 cm³/mol. The van der Waals surface area contributed by atoms with E-state index in [0.717, 1.165) is 0 Å². The molecular formula is C23H26FN3O4. The lowest BCUT2D eigenvalue weighted by molar-refractivity contribution is -0.116. The van der Waals surface area contributed by atoms with Gasteiger partial charge < -0.3 is 20.7 Å². The van der Waals surface area contributed by atoms with Gasteiger partial charge in [0.2, 0.25) is 11.8 Å². The molecule has 3 amide bonds. The lowest BCUT2D eigenvalue weighted by Gasteiger charge is -2.19. The topological polar surface area (TPSA) is 96.5 Å². The number of nitrogens with one attached hydrogen (secondary N) is 3. The van der Waals surface area contributed by atoms with Gasteiger partial charge in [0.05, 0.1) is 11.4 Å². The van der Waals surface area contributed by atoms with E-state index in [0.29, 0.717) is 16.9 Å². The van der Waals surface area contributed by atoms with Gasteiger partial charge >= 0.3 is 6.09 Å². The summed E-state index contributed by atoms with van der Waals surface area (Å²) in [5.41, 5.74) is 0.905. The monoisotopic (exact) mass is 427 g/mol. The zero-order valence-electron chi connectivity index (χ0n) is 17.7. The summed E-state index contributed by atoms with van der Waals surface area (Å²) in [5.74, 6) is -1.09. The maximum Gasteiger partial charge on any atom is 0.407 e. The van der Waals surface area contributed by atoms with E-state index >= 15 is 0 Å². The van der Waals surface area contributed by atoms with E-state index in [9.17, 15) is 18.8 Å². The highest BCUT2D eigenvalue weighted by Gasteiger charge is 2.16. The van der Waals surface area contributed by atoms with Crippen molar-refractivity contribution in [3.8, 4) is 0 Å². The highest BCUT2D eigenvalue weighted by molar-refractivity contribution is 6.05. The fourth-order valence-corrected chi connectivity index (χ4v) is 2.43. The summed E-state index contributed by atoms with van der Waals surface area (Å²) in [6, 6.07) is 12.5. The van der Waals surface area contributed by atoms with Crippen molar-refractivity contribution in [2.45, 2.75) is 32.8 Å². The molecule has 0 aliphatic carbocycles. The third-order valence-electron chi connectivity index (χ3n) is 3.78. The SMILES string of the molecule is CC(C)(C)OC(=O)NCCC(=O)Nc1ccccc1NC(=O)/C=C/c1ccc(F)cc1. The van der Waals surface area contributed by atoms with Crippen molar-refractivity contribution in [3.05, 3.63) is 66.0 Å². The number of rotatable bonds is 7. The minimum absolute atomic E-state index is 0.0337. The summed E-state index contributed by atoms with van der Waals surface area (Å²) < 4.78 is 18.0. The quantitative estimate of drug-likeness (QED) is 0.573. The molecule has 164 valence electrons. The molecule has 0 spiro atoms. The average molecular weight is 427 g/mol. The Hall–Kier alpha value is -3.68. The summed E-state index contributed by atoms with van der Waals surface area (Å²) >= 11 is 0. The van der Waals surface area contributed by atoms with Gasteiger partial charge in [-0.1, -0.05) is 24.3 Å². The van der Waals surface area contributed by atoms with Crippen LogP contribution in [-0.2, 0) is 14.3 Å². The zero-order valence-corrected chi connectivity index (χ0v) is 17.7. The third kappa shape index (κ3) is 9.12. The summed E-state index contributed by atoms with van der Waals surface area (Å²) in [6.07, 6.45) is 2.31. The molecular weight excluding hydrogens is 401 g/mol. The van der Waals surface area contributed by atoms with Gasteiger partial charge in [0.1, 0.15) is 11.4 Å². The fourth-order valence-electron chi connectivity index (χ4n) is 2.43. The van der Waals surface area contributed by atoms with E-state index in [1.807, 2.05) is 0 Å². The van der Waals surface area contributed by atoms with Gasteiger partial charge in [-0.15, -0.1) is 0 Å². The summed E-state index contributed by atoms with van der Waals surface area (Å²) in [7, 11) is 0. The number of anilines is 2. The second-order valence-corrected chi connectivity index (χ2v) is 7.65. The first-order valence-corrected chi connectivity index (χ1v) is 9.73. The molecule has 2 aromatic rings. The number of amides is 3. The van der Waals surface area contributed by atoms with Gasteiger partial charge in [0.25, 0.3) is 0 Å². The Morgan fingerprint density at radius 2 is 1.58 bits per heavy atom. The second kappa shape index (κ2) is 10.9. The lowest BCUT2D eigenvalue weighted by Crippen LogP contribution is -2.34. The minimum Gasteiger partial charge on any atom is -0.444 e. The number of hydrogen-bond donors (Lipinski definition) is 3. The maximum absolute atomic E-state index is 12.9. The van der Waals surface area contributed by atoms with Crippen molar-refractivity contribution in [1.29, 1.82) is 0 Å². The number of para-hydroxylation sites is 2. The molecule has 0 aliphatic rings. The van der Waals surface area contributed by atoms with Crippen LogP contribution in [0.2, 0.25) is 0 Å². The molecule has 2 aromatic carbocycles. The minimum atomic E-state index is -0.616. The Kier molecular flexibility index (Phi) is 8.31. The molecule has 7 nitrogen and oxygen atoms in total. The van der Waals surface area contributed by atoms with Crippen LogP contribution in [-0.4, -0.2) is 30.1 Å². The average Bonchev–Trinajstić information content (AvgIpc) is 2.67. The number of carbonyl (C=O) groups is 3. The van der Waals surface area contributed by atoms with E-state index in [1.54, 1.807) is 63.2 Å². The maximum atomic E-state index is 12.9. The summed E-state index contributed by atoms with van der Waals surface area (Å²) in [6.45, 7) is 5.35. The van der Waals surface area contributed by atoms with E-state index < -0.39 is 17.6 Å². The molecule has 0 fully saturated rings. The Morgan fingerprint density at radius 3 is 2.19 bits per heavy atom. The first-order chi connectivity index (χ1) is 14.6. The molecule has 0 saturated heterocycles. The fraction of sp³-hybridized carbons (Fsp3) is 0.261. The summed E-state index contributed by atoms with van der Waals surface area (Å²) in [5, 5.41) is 7.91. The molecule has 3 N–H and O–H groups in total. The largest absolute Gasteiger partial charge is 0.444 e. The van der Waals surface area contributed by atoms with Crippen molar-refractivity contribution >= 4 is 35.4 Å². The van der Waals surface area contributed by atoms with Crippen LogP contribution < -0.4 is 16.0 Å². The Balaban J connectivity index is 1.88. The number of alkyl carbamates (subject to hydrolysis) is 1. The first-order valence-electron chi connectivity index (χ1n) is 9.73. The molecule has 31 heavy (non-hydrogen) atoms. The van der Waals surface area contributed by atoms with Gasteiger partial charge in [-0.05, 0) is 56.7 Å². The van der Waals surface area contributed by atoms with Crippen LogP contribution in [0.4, 0.5) is 20.6 Å². The van der Waals surface area contributed by atoms with E-state index in [4.69, 9.17) is 4.74 Å². The summed E-state index contributed by atoms with van der Waals surface area (Å²) in [4.78, 5) is 36.0. The van der Waals surface area contributed by atoms with Crippen LogP contribution in [0.5, 0.6) is 0 Å². The van der Waals surface area contributed by atoms with Crippen molar-refractivity contribution in [3.63, 3.8) is 0 Å². The molecule has 0 bridgehead atoms. The van der Waals surface area contributed by atoms with Crippen LogP contribution in [0.3, 0.4) is 0 Å². The highest BCUT2D eigenvalue weighted by Crippen LogP contribution is 2.21. The van der Waals surface area contributed by atoms with Gasteiger partial charge in [0.15, 0.2) is 0 Å². The molecule has 2 rings (SSSR count). The van der Waals surface area contributed by atoms with Crippen molar-refractivity contribution in [2.75, 3.05) is 17.2 Å². The van der Waals surface area contributed by atoms with Gasteiger partial charge in [-0.3, -0.25) is 9.59 Å². The van der Waals surface area contributed by atoms with E-state index in [1.165, 1.54) is 18.2 Å². The number of hydrogen-bond acceptors (Lipinski definition) is 4. The predicted octanol–water partition coefficient (Wildman–Crippen LogP) is 4.33. The molecule has 0 unspecified atom stereocenters. The van der Waals surface area contributed by atoms with Crippen LogP contribution in [0, 0.1) is 5.82 Å². The highest BCUT2D eigenvalue weighted by atomic mass is 19.1. The molecule has 0 saturated carbocycles. The van der Waals surface area contributed by atoms with Crippen molar-refractivity contribution in [1.82, 2.24) is 5.32 Å². The van der Waals surface area contributed by atoms with Gasteiger partial charge in [0, 0.05) is 19.0 Å². The normalized spacial score (nSPS) is 11.1. The van der Waals surface area contributed by atoms with Crippen molar-refractivity contribution in [2.24, 2.45) is 0 Å². The van der Waals surface area contributed by atoms with Crippen LogP contribution in [0.25, 0.3) is 6.08 Å². The molecule has 0 aliphatic heterocycles. The Labute approximate surface area is 180 Å². The van der Waals surface area contributed by atoms with E-state index in [-0.39, 0.29) is 24.7 Å². The molecule has 8 heteroatoms. The number of benzene rings is 2. The Bertz CT molecular complexity index is 950. The first kappa shape index (κ1) is 23.6. The molecule has 0 heterocycles. The lowest BCUT2D eigenvalue weighted by atomic mass is 10.2. The van der Waals surface area contributed by atoms with Gasteiger partial charge in [-0.2, -0.15) is 0 Å². The number of ether oxygens (including phenoxy) is 1. The van der Waals surface area contributed by atoms with Crippen LogP contribution >= 0.6 is 0 Å². The third-order valence-corrected chi connectivity index (χ3v) is 3.78. The number of carbonyl (C=O) groups excluding carboxylic acids is 3. The van der Waals surface area contributed by atoms with Gasteiger partial charge in [-0.25, -0.2) is 9.18 Å². The standard InChI is InChI=1S/C23H26FN3O4/c1-23(2,3)31-22(30)25-15-14-21(29)27-19-7-5-4-6-18(19)26-20(28)13-10-16-8-11-17(24)12-9-16/h4-13H,14-15H2,1-3H3,(H,25,30)(H,26,28)(H,27,29)/b13-10+. The second-order valence-electron chi connectivity index (χ2n) is 7.65.